The van der Waals surface area contributed by atoms with Gasteiger partial charge in [-0.15, -0.1) is 0 Å². The molecule has 3 aromatic carbocycles. The number of hydrogen-bond donors (Lipinski definition) is 1. The van der Waals surface area contributed by atoms with Crippen molar-refractivity contribution in [3.05, 3.63) is 65.7 Å². The van der Waals surface area contributed by atoms with Crippen molar-refractivity contribution in [1.29, 1.82) is 0 Å². The van der Waals surface area contributed by atoms with E-state index in [1.165, 1.54) is 6.42 Å². The number of nitrogens with one attached hydrogen (secondary N) is 1. The molecule has 144 valence electrons. The van der Waals surface area contributed by atoms with Gasteiger partial charge in [0.1, 0.15) is 5.75 Å². The maximum Gasteiger partial charge on any atom is 0.262 e. The quantitative estimate of drug-likeness (QED) is 0.621. The lowest BCUT2D eigenvalue weighted by atomic mass is 10.1. The number of benzene rings is 3. The van der Waals surface area contributed by atoms with E-state index in [4.69, 9.17) is 16.3 Å². The van der Waals surface area contributed by atoms with Crippen LogP contribution in [0.5, 0.6) is 5.75 Å². The summed E-state index contributed by atoms with van der Waals surface area (Å²) in [5, 5.41) is 5.86. The van der Waals surface area contributed by atoms with Crippen LogP contribution in [0.4, 0.5) is 11.4 Å². The predicted octanol–water partition coefficient (Wildman–Crippen LogP) is 5.50. The number of halogens is 1. The number of carbonyl (C=O) groups excluding carboxylic acids is 1. The largest absolute Gasteiger partial charge is 0.484 e. The number of hydrogen-bond acceptors (Lipinski definition) is 3. The molecule has 0 unspecified atom stereocenters. The highest BCUT2D eigenvalue weighted by Crippen LogP contribution is 2.35. The highest BCUT2D eigenvalue weighted by Gasteiger charge is 2.18. The first-order valence-corrected chi connectivity index (χ1v) is 10.0. The van der Waals surface area contributed by atoms with E-state index in [-0.39, 0.29) is 12.5 Å². The molecule has 0 saturated carbocycles. The monoisotopic (exact) mass is 394 g/mol. The summed E-state index contributed by atoms with van der Waals surface area (Å²) in [6, 6.07) is 19.5. The summed E-state index contributed by atoms with van der Waals surface area (Å²) in [7, 11) is 0. The van der Waals surface area contributed by atoms with Crippen molar-refractivity contribution in [2.24, 2.45) is 0 Å². The van der Waals surface area contributed by atoms with E-state index < -0.39 is 0 Å². The summed E-state index contributed by atoms with van der Waals surface area (Å²) < 4.78 is 5.71. The molecule has 0 atom stereocenters. The molecule has 4 rings (SSSR count). The summed E-state index contributed by atoms with van der Waals surface area (Å²) in [5.41, 5.74) is 1.64. The number of para-hydroxylation sites is 1. The molecular weight excluding hydrogens is 372 g/mol. The van der Waals surface area contributed by atoms with E-state index in [1.807, 2.05) is 60.7 Å². The van der Waals surface area contributed by atoms with Crippen molar-refractivity contribution >= 4 is 39.7 Å². The number of amides is 1. The number of carbonyl (C=O) groups is 1. The fraction of sp³-hybridized carbons (Fsp3) is 0.261. The number of anilines is 2. The third-order valence-electron chi connectivity index (χ3n) is 5.02. The maximum absolute atomic E-state index is 12.5. The van der Waals surface area contributed by atoms with Crippen LogP contribution in [0, 0.1) is 0 Å². The molecular formula is C23H23ClN2O2. The second-order valence-electron chi connectivity index (χ2n) is 7.03. The lowest BCUT2D eigenvalue weighted by Crippen LogP contribution is -2.31. The van der Waals surface area contributed by atoms with Gasteiger partial charge in [-0.2, -0.15) is 0 Å². The average Bonchev–Trinajstić information content (AvgIpc) is 2.73. The second kappa shape index (κ2) is 8.53. The zero-order chi connectivity index (χ0) is 19.3. The first kappa shape index (κ1) is 18.6. The summed E-state index contributed by atoms with van der Waals surface area (Å²) in [6.07, 6.45) is 3.52. The molecule has 1 fully saturated rings. The zero-order valence-electron chi connectivity index (χ0n) is 15.7. The number of nitrogens with zero attached hydrogens (tertiary/aromatic N) is 1. The number of fused-ring (bicyclic) bond motifs is 1. The lowest BCUT2D eigenvalue weighted by molar-refractivity contribution is -0.118. The van der Waals surface area contributed by atoms with Gasteiger partial charge in [-0.3, -0.25) is 4.79 Å². The van der Waals surface area contributed by atoms with E-state index in [0.717, 1.165) is 48.1 Å². The van der Waals surface area contributed by atoms with Crippen molar-refractivity contribution in [2.45, 2.75) is 19.3 Å². The van der Waals surface area contributed by atoms with Crippen LogP contribution in [-0.2, 0) is 4.79 Å². The van der Waals surface area contributed by atoms with Gasteiger partial charge in [0.15, 0.2) is 6.61 Å². The summed E-state index contributed by atoms with van der Waals surface area (Å²) in [4.78, 5) is 14.8. The number of piperidine rings is 1. The van der Waals surface area contributed by atoms with Gasteiger partial charge in [-0.05, 0) is 54.3 Å². The highest BCUT2D eigenvalue weighted by molar-refractivity contribution is 6.34. The molecule has 1 amide bonds. The van der Waals surface area contributed by atoms with E-state index in [2.05, 4.69) is 10.2 Å². The molecule has 3 aromatic rings. The molecule has 0 radical (unpaired) electrons. The van der Waals surface area contributed by atoms with Crippen LogP contribution in [0.2, 0.25) is 5.02 Å². The Labute approximate surface area is 170 Å². The Bertz CT molecular complexity index is 983. The lowest BCUT2D eigenvalue weighted by Gasteiger charge is -2.31. The van der Waals surface area contributed by atoms with E-state index in [0.29, 0.717) is 10.8 Å². The Kier molecular flexibility index (Phi) is 5.68. The van der Waals surface area contributed by atoms with Crippen molar-refractivity contribution < 1.29 is 9.53 Å². The highest BCUT2D eigenvalue weighted by atomic mass is 35.5. The first-order valence-electron chi connectivity index (χ1n) is 9.65. The fourth-order valence-corrected chi connectivity index (χ4v) is 3.94. The van der Waals surface area contributed by atoms with Crippen LogP contribution in [0.1, 0.15) is 19.3 Å². The Morgan fingerprint density at radius 3 is 2.57 bits per heavy atom. The van der Waals surface area contributed by atoms with Gasteiger partial charge < -0.3 is 15.0 Å². The molecule has 0 bridgehead atoms. The van der Waals surface area contributed by atoms with E-state index in [9.17, 15) is 4.79 Å². The van der Waals surface area contributed by atoms with Crippen LogP contribution < -0.4 is 15.0 Å². The zero-order valence-corrected chi connectivity index (χ0v) is 16.4. The summed E-state index contributed by atoms with van der Waals surface area (Å²) in [6.45, 7) is 1.87. The fourth-order valence-electron chi connectivity index (χ4n) is 3.65. The normalized spacial score (nSPS) is 14.1. The molecule has 1 aliphatic heterocycles. The standard InChI is InChI=1S/C23H23ClN2O2/c24-20-9-6-10-21(23(20)26-13-4-1-5-14-26)25-22(27)16-28-19-12-11-17-7-2-3-8-18(17)15-19/h2-3,6-12,15H,1,4-5,13-14,16H2,(H,25,27). The van der Waals surface area contributed by atoms with Gasteiger partial charge in [0.25, 0.3) is 5.91 Å². The van der Waals surface area contributed by atoms with Crippen LogP contribution in [0.15, 0.2) is 60.7 Å². The topological polar surface area (TPSA) is 41.6 Å². The van der Waals surface area contributed by atoms with Crippen molar-refractivity contribution in [3.63, 3.8) is 0 Å². The third kappa shape index (κ3) is 4.23. The minimum atomic E-state index is -0.200. The van der Waals surface area contributed by atoms with Crippen LogP contribution >= 0.6 is 11.6 Å². The number of rotatable bonds is 5. The van der Waals surface area contributed by atoms with Crippen molar-refractivity contribution in [3.8, 4) is 5.75 Å². The van der Waals surface area contributed by atoms with E-state index >= 15 is 0 Å². The van der Waals surface area contributed by atoms with E-state index in [1.54, 1.807) is 0 Å². The molecule has 1 heterocycles. The van der Waals surface area contributed by atoms with Gasteiger partial charge in [-0.25, -0.2) is 0 Å². The van der Waals surface area contributed by atoms with Crippen molar-refractivity contribution in [1.82, 2.24) is 0 Å². The Morgan fingerprint density at radius 2 is 1.75 bits per heavy atom. The van der Waals surface area contributed by atoms with Crippen molar-refractivity contribution in [2.75, 3.05) is 29.9 Å². The molecule has 4 nitrogen and oxygen atoms in total. The molecule has 1 aliphatic rings. The predicted molar refractivity (Wildman–Crippen MR) is 116 cm³/mol. The Balaban J connectivity index is 1.44. The van der Waals surface area contributed by atoms with Gasteiger partial charge in [0, 0.05) is 13.1 Å². The molecule has 28 heavy (non-hydrogen) atoms. The molecule has 0 spiro atoms. The molecule has 0 aromatic heterocycles. The summed E-state index contributed by atoms with van der Waals surface area (Å²) >= 11 is 6.45. The molecule has 1 N–H and O–H groups in total. The Morgan fingerprint density at radius 1 is 0.964 bits per heavy atom. The molecule has 5 heteroatoms. The minimum absolute atomic E-state index is 0.0513. The van der Waals surface area contributed by atoms with Crippen LogP contribution in [0.3, 0.4) is 0 Å². The summed E-state index contributed by atoms with van der Waals surface area (Å²) in [5.74, 6) is 0.477. The molecule has 1 saturated heterocycles. The maximum atomic E-state index is 12.5. The average molecular weight is 395 g/mol. The van der Waals surface area contributed by atoms with Crippen LogP contribution in [-0.4, -0.2) is 25.6 Å². The van der Waals surface area contributed by atoms with Crippen LogP contribution in [0.25, 0.3) is 10.8 Å². The minimum Gasteiger partial charge on any atom is -0.484 e. The van der Waals surface area contributed by atoms with Gasteiger partial charge in [-0.1, -0.05) is 48.0 Å². The SMILES string of the molecule is O=C(COc1ccc2ccccc2c1)Nc1cccc(Cl)c1N1CCCCC1. The van der Waals surface area contributed by atoms with Gasteiger partial charge in [0.05, 0.1) is 16.4 Å². The van der Waals surface area contributed by atoms with Gasteiger partial charge in [0.2, 0.25) is 0 Å². The molecule has 0 aliphatic carbocycles. The van der Waals surface area contributed by atoms with Gasteiger partial charge >= 0.3 is 0 Å². The smallest absolute Gasteiger partial charge is 0.262 e. The number of ether oxygens (including phenoxy) is 1. The first-order chi connectivity index (χ1) is 13.7. The second-order valence-corrected chi connectivity index (χ2v) is 7.44. The third-order valence-corrected chi connectivity index (χ3v) is 5.33. The Hall–Kier alpha value is -2.72.